The van der Waals surface area contributed by atoms with Gasteiger partial charge < -0.3 is 14.6 Å². The Balaban J connectivity index is 1.39. The molecule has 0 radical (unpaired) electrons. The van der Waals surface area contributed by atoms with Crippen molar-refractivity contribution in [1.29, 1.82) is 0 Å². The van der Waals surface area contributed by atoms with Crippen LogP contribution in [0.2, 0.25) is 5.02 Å². The number of thioether (sulfide) groups is 1. The van der Waals surface area contributed by atoms with Crippen molar-refractivity contribution in [1.82, 2.24) is 15.2 Å². The number of carbonyl (C=O) groups is 1. The number of amides is 1. The molecule has 1 fully saturated rings. The number of nitrogens with zero attached hydrogens (tertiary/aromatic N) is 4. The first-order valence-electron chi connectivity index (χ1n) is 9.41. The number of hydrogen-bond acceptors (Lipinski definition) is 7. The van der Waals surface area contributed by atoms with Crippen LogP contribution in [0.15, 0.2) is 52.2 Å². The summed E-state index contributed by atoms with van der Waals surface area (Å²) in [4.78, 5) is 19.0. The number of hydrogen-bond donors (Lipinski definition) is 1. The van der Waals surface area contributed by atoms with E-state index in [-0.39, 0.29) is 11.7 Å². The maximum Gasteiger partial charge on any atom is 0.277 e. The third-order valence-electron chi connectivity index (χ3n) is 4.55. The van der Waals surface area contributed by atoms with Gasteiger partial charge >= 0.3 is 0 Å². The summed E-state index contributed by atoms with van der Waals surface area (Å²) < 4.78 is 5.58. The number of anilines is 2. The Hall–Kier alpha value is -2.58. The van der Waals surface area contributed by atoms with E-state index in [0.717, 1.165) is 37.3 Å². The van der Waals surface area contributed by atoms with Crippen molar-refractivity contribution in [3.05, 3.63) is 47.6 Å². The molecule has 0 saturated carbocycles. The molecule has 7 nitrogen and oxygen atoms in total. The molecule has 1 N–H and O–H groups in total. The summed E-state index contributed by atoms with van der Waals surface area (Å²) >= 11 is 7.34. The van der Waals surface area contributed by atoms with Gasteiger partial charge in [-0.2, -0.15) is 0 Å². The quantitative estimate of drug-likeness (QED) is 0.577. The van der Waals surface area contributed by atoms with Crippen molar-refractivity contribution < 1.29 is 9.21 Å². The molecule has 1 amide bonds. The van der Waals surface area contributed by atoms with Gasteiger partial charge in [0.25, 0.3) is 11.1 Å². The number of pyridine rings is 1. The first-order valence-corrected chi connectivity index (χ1v) is 10.8. The fourth-order valence-corrected chi connectivity index (χ4v) is 3.93. The second-order valence-electron chi connectivity index (χ2n) is 6.63. The second-order valence-corrected chi connectivity index (χ2v) is 8.00. The van der Waals surface area contributed by atoms with Crippen LogP contribution in [0.25, 0.3) is 11.6 Å². The van der Waals surface area contributed by atoms with Crippen LogP contribution in [0.1, 0.15) is 19.3 Å². The molecule has 0 bridgehead atoms. The number of rotatable bonds is 6. The van der Waals surface area contributed by atoms with Gasteiger partial charge in [-0.05, 0) is 49.6 Å². The molecule has 0 unspecified atom stereocenters. The van der Waals surface area contributed by atoms with E-state index in [4.69, 9.17) is 16.0 Å². The van der Waals surface area contributed by atoms with Crippen LogP contribution in [0.3, 0.4) is 0 Å². The summed E-state index contributed by atoms with van der Waals surface area (Å²) in [5, 5.41) is 11.8. The Morgan fingerprint density at radius 1 is 1.17 bits per heavy atom. The fraction of sp³-hybridized carbons (Fsp3) is 0.300. The van der Waals surface area contributed by atoms with E-state index in [2.05, 4.69) is 25.4 Å². The Bertz CT molecular complexity index is 976. The average Bonchev–Trinajstić information content (AvgIpc) is 3.23. The highest BCUT2D eigenvalue weighted by atomic mass is 35.5. The van der Waals surface area contributed by atoms with Gasteiger partial charge in [-0.25, -0.2) is 0 Å². The third kappa shape index (κ3) is 5.07. The molecule has 0 aliphatic carbocycles. The molecule has 1 aliphatic rings. The van der Waals surface area contributed by atoms with Crippen molar-refractivity contribution in [2.45, 2.75) is 24.5 Å². The van der Waals surface area contributed by atoms with Crippen LogP contribution in [0, 0.1) is 0 Å². The van der Waals surface area contributed by atoms with Gasteiger partial charge in [-0.3, -0.25) is 9.78 Å². The van der Waals surface area contributed by atoms with E-state index in [0.29, 0.717) is 21.8 Å². The lowest BCUT2D eigenvalue weighted by atomic mass is 10.1. The van der Waals surface area contributed by atoms with E-state index in [1.54, 1.807) is 18.3 Å². The standard InChI is InChI=1S/C20H20ClN5O2S/c21-14-7-8-17(26-10-4-1-5-11-26)16(12-14)23-18(27)13-29-20-25-24-19(28-20)15-6-2-3-9-22-15/h2-3,6-9,12H,1,4-5,10-11,13H2,(H,23,27). The fourth-order valence-electron chi connectivity index (χ4n) is 3.19. The molecule has 9 heteroatoms. The zero-order valence-electron chi connectivity index (χ0n) is 15.7. The van der Waals surface area contributed by atoms with Gasteiger partial charge in [0.2, 0.25) is 5.91 Å². The van der Waals surface area contributed by atoms with Gasteiger partial charge in [-0.1, -0.05) is 29.4 Å². The minimum Gasteiger partial charge on any atom is -0.410 e. The van der Waals surface area contributed by atoms with Crippen molar-refractivity contribution >= 4 is 40.6 Å². The largest absolute Gasteiger partial charge is 0.410 e. The summed E-state index contributed by atoms with van der Waals surface area (Å²) in [6, 6.07) is 11.1. The van der Waals surface area contributed by atoms with Crippen LogP contribution in [0.4, 0.5) is 11.4 Å². The Morgan fingerprint density at radius 3 is 2.83 bits per heavy atom. The molecule has 1 aromatic carbocycles. The zero-order valence-corrected chi connectivity index (χ0v) is 17.2. The van der Waals surface area contributed by atoms with Crippen molar-refractivity contribution in [2.75, 3.05) is 29.1 Å². The summed E-state index contributed by atoms with van der Waals surface area (Å²) in [7, 11) is 0. The molecule has 0 spiro atoms. The van der Waals surface area contributed by atoms with Crippen LogP contribution in [-0.2, 0) is 4.79 Å². The van der Waals surface area contributed by atoms with Crippen molar-refractivity contribution in [2.24, 2.45) is 0 Å². The summed E-state index contributed by atoms with van der Waals surface area (Å²) in [6.07, 6.45) is 5.21. The monoisotopic (exact) mass is 429 g/mol. The molecule has 3 aromatic rings. The minimum atomic E-state index is -0.159. The highest BCUT2D eigenvalue weighted by Gasteiger charge is 2.17. The SMILES string of the molecule is O=C(CSc1nnc(-c2ccccn2)o1)Nc1cc(Cl)ccc1N1CCCCC1. The van der Waals surface area contributed by atoms with E-state index in [1.165, 1.54) is 18.2 Å². The lowest BCUT2D eigenvalue weighted by Gasteiger charge is -2.30. The smallest absolute Gasteiger partial charge is 0.277 e. The number of aromatic nitrogens is 3. The number of benzene rings is 1. The van der Waals surface area contributed by atoms with Crippen LogP contribution < -0.4 is 10.2 Å². The Morgan fingerprint density at radius 2 is 2.03 bits per heavy atom. The number of nitrogens with one attached hydrogen (secondary N) is 1. The first kappa shape index (κ1) is 19.7. The second kappa shape index (κ2) is 9.28. The van der Waals surface area contributed by atoms with E-state index in [1.807, 2.05) is 24.3 Å². The molecule has 4 rings (SSSR count). The lowest BCUT2D eigenvalue weighted by molar-refractivity contribution is -0.113. The van der Waals surface area contributed by atoms with Crippen molar-refractivity contribution in [3.8, 4) is 11.6 Å². The predicted octanol–water partition coefficient (Wildman–Crippen LogP) is 4.51. The molecule has 150 valence electrons. The molecule has 0 atom stereocenters. The first-order chi connectivity index (χ1) is 14.2. The van der Waals surface area contributed by atoms with E-state index < -0.39 is 0 Å². The van der Waals surface area contributed by atoms with Gasteiger partial charge in [0.05, 0.1) is 17.1 Å². The Kier molecular flexibility index (Phi) is 6.31. The van der Waals surface area contributed by atoms with E-state index in [9.17, 15) is 4.79 Å². The summed E-state index contributed by atoms with van der Waals surface area (Å²) in [5.74, 6) is 0.319. The number of carbonyl (C=O) groups excluding carboxylic acids is 1. The van der Waals surface area contributed by atoms with Crippen LogP contribution in [0.5, 0.6) is 0 Å². The molecule has 1 aliphatic heterocycles. The normalized spacial score (nSPS) is 14.0. The average molecular weight is 430 g/mol. The molecule has 2 aromatic heterocycles. The van der Waals surface area contributed by atoms with E-state index >= 15 is 0 Å². The van der Waals surface area contributed by atoms with Crippen LogP contribution >= 0.6 is 23.4 Å². The molecule has 1 saturated heterocycles. The van der Waals surface area contributed by atoms with Crippen molar-refractivity contribution in [3.63, 3.8) is 0 Å². The van der Waals surface area contributed by atoms with Gasteiger partial charge in [0.15, 0.2) is 0 Å². The highest BCUT2D eigenvalue weighted by molar-refractivity contribution is 7.99. The summed E-state index contributed by atoms with van der Waals surface area (Å²) in [6.45, 7) is 1.97. The van der Waals surface area contributed by atoms with Crippen LogP contribution in [-0.4, -0.2) is 39.9 Å². The van der Waals surface area contributed by atoms with Gasteiger partial charge in [-0.15, -0.1) is 10.2 Å². The molecule has 3 heterocycles. The molecular formula is C20H20ClN5O2S. The third-order valence-corrected chi connectivity index (χ3v) is 5.60. The topological polar surface area (TPSA) is 84.1 Å². The number of piperidine rings is 1. The lowest BCUT2D eigenvalue weighted by Crippen LogP contribution is -2.30. The van der Waals surface area contributed by atoms with Gasteiger partial charge in [0.1, 0.15) is 5.69 Å². The highest BCUT2D eigenvalue weighted by Crippen LogP contribution is 2.31. The molecule has 29 heavy (non-hydrogen) atoms. The van der Waals surface area contributed by atoms with Gasteiger partial charge in [0, 0.05) is 24.3 Å². The summed E-state index contributed by atoms with van der Waals surface area (Å²) in [5.41, 5.74) is 2.33. The minimum absolute atomic E-state index is 0.149. The Labute approximate surface area is 177 Å². The molecular weight excluding hydrogens is 410 g/mol. The predicted molar refractivity (Wildman–Crippen MR) is 114 cm³/mol. The zero-order chi connectivity index (χ0) is 20.1. The maximum absolute atomic E-state index is 12.5. The number of halogens is 1. The maximum atomic E-state index is 12.5.